The molecule has 1 aromatic carbocycles. The van der Waals surface area contributed by atoms with Crippen molar-refractivity contribution < 1.29 is 32.7 Å². The lowest BCUT2D eigenvalue weighted by Gasteiger charge is -2.30. The smallest absolute Gasteiger partial charge is 0.414 e. The molecule has 2 aliphatic rings. The standard InChI is InChI=1S/C23H34F2N6O5/c1-4-29(9-10-31(35-3)22(33)28-16-5-7-26-8-6-16)21-19(24)11-17(12-20(21)25)30-14-18(36-23(30)34)13-27-15(2)32/h11-12,16,18,26H,4-10,13-14H2,1-3H3,(H,27,32)(H,28,33)/t18-/m0/s1. The number of urea groups is 1. The van der Waals surface area contributed by atoms with Crippen LogP contribution in [0, 0.1) is 11.6 Å². The summed E-state index contributed by atoms with van der Waals surface area (Å²) >= 11 is 0. The number of halogens is 2. The lowest BCUT2D eigenvalue weighted by molar-refractivity contribution is -0.119. The molecule has 11 nitrogen and oxygen atoms in total. The second-order valence-corrected chi connectivity index (χ2v) is 8.65. The van der Waals surface area contributed by atoms with E-state index in [4.69, 9.17) is 9.57 Å². The van der Waals surface area contributed by atoms with Crippen molar-refractivity contribution in [2.75, 3.05) is 62.7 Å². The van der Waals surface area contributed by atoms with Gasteiger partial charge in [-0.1, -0.05) is 0 Å². The van der Waals surface area contributed by atoms with Crippen LogP contribution in [0.3, 0.4) is 0 Å². The normalized spacial score (nSPS) is 18.1. The molecule has 0 saturated carbocycles. The molecule has 3 rings (SSSR count). The van der Waals surface area contributed by atoms with Gasteiger partial charge in [0.05, 0.1) is 32.4 Å². The Hall–Kier alpha value is -3.19. The Morgan fingerprint density at radius 1 is 1.22 bits per heavy atom. The summed E-state index contributed by atoms with van der Waals surface area (Å²) in [6, 6.07) is 1.77. The second kappa shape index (κ2) is 12.7. The Morgan fingerprint density at radius 2 is 1.89 bits per heavy atom. The molecule has 0 aromatic heterocycles. The first-order chi connectivity index (χ1) is 17.2. The zero-order chi connectivity index (χ0) is 26.2. The molecule has 0 spiro atoms. The minimum absolute atomic E-state index is 0.0139. The van der Waals surface area contributed by atoms with Gasteiger partial charge in [0.15, 0.2) is 11.6 Å². The number of hydroxylamine groups is 2. The van der Waals surface area contributed by atoms with E-state index in [1.54, 1.807) is 6.92 Å². The van der Waals surface area contributed by atoms with Gasteiger partial charge in [0.2, 0.25) is 5.91 Å². The maximum Gasteiger partial charge on any atom is 0.414 e. The predicted molar refractivity (Wildman–Crippen MR) is 129 cm³/mol. The average molecular weight is 513 g/mol. The lowest BCUT2D eigenvalue weighted by atomic mass is 10.1. The fourth-order valence-electron chi connectivity index (χ4n) is 4.23. The van der Waals surface area contributed by atoms with E-state index in [2.05, 4.69) is 16.0 Å². The zero-order valence-corrected chi connectivity index (χ0v) is 20.8. The van der Waals surface area contributed by atoms with E-state index in [1.807, 2.05) is 0 Å². The van der Waals surface area contributed by atoms with Crippen LogP contribution in [0.4, 0.5) is 29.7 Å². The zero-order valence-electron chi connectivity index (χ0n) is 20.8. The van der Waals surface area contributed by atoms with E-state index < -0.39 is 29.9 Å². The van der Waals surface area contributed by atoms with E-state index in [0.717, 1.165) is 48.0 Å². The number of hydrogen-bond donors (Lipinski definition) is 3. The van der Waals surface area contributed by atoms with Crippen molar-refractivity contribution in [2.24, 2.45) is 0 Å². The Kier molecular flexibility index (Phi) is 9.65. The molecule has 1 atom stereocenters. The van der Waals surface area contributed by atoms with Crippen molar-refractivity contribution >= 4 is 29.4 Å². The third-order valence-electron chi connectivity index (χ3n) is 6.15. The predicted octanol–water partition coefficient (Wildman–Crippen LogP) is 1.58. The number of anilines is 2. The number of carbonyl (C=O) groups excluding carboxylic acids is 3. The molecule has 36 heavy (non-hydrogen) atoms. The number of hydrogen-bond acceptors (Lipinski definition) is 7. The SMILES string of the molecule is CCN(CCN(OC)C(=O)NC1CCNCC1)c1c(F)cc(N2C[C@H](CNC(C)=O)OC2=O)cc1F. The first-order valence-corrected chi connectivity index (χ1v) is 12.0. The Labute approximate surface area is 209 Å². The van der Waals surface area contributed by atoms with Gasteiger partial charge in [-0.2, -0.15) is 0 Å². The highest BCUT2D eigenvalue weighted by atomic mass is 19.1. The third-order valence-corrected chi connectivity index (χ3v) is 6.15. The van der Waals surface area contributed by atoms with Crippen molar-refractivity contribution in [3.05, 3.63) is 23.8 Å². The minimum atomic E-state index is -0.854. The van der Waals surface area contributed by atoms with Crippen molar-refractivity contribution in [3.8, 4) is 0 Å². The monoisotopic (exact) mass is 512 g/mol. The van der Waals surface area contributed by atoms with Gasteiger partial charge in [-0.15, -0.1) is 0 Å². The van der Waals surface area contributed by atoms with E-state index in [0.29, 0.717) is 0 Å². The number of likely N-dealkylation sites (N-methyl/N-ethyl adjacent to an activating group) is 1. The summed E-state index contributed by atoms with van der Waals surface area (Å²) in [5.41, 5.74) is -0.251. The molecule has 2 fully saturated rings. The number of piperidine rings is 1. The van der Waals surface area contributed by atoms with Crippen LogP contribution in [-0.4, -0.2) is 88.2 Å². The van der Waals surface area contributed by atoms with Gasteiger partial charge in [0.25, 0.3) is 0 Å². The van der Waals surface area contributed by atoms with Gasteiger partial charge in [-0.05, 0) is 32.9 Å². The number of nitrogens with one attached hydrogen (secondary N) is 3. The van der Waals surface area contributed by atoms with Gasteiger partial charge in [0.1, 0.15) is 11.8 Å². The molecule has 0 bridgehead atoms. The van der Waals surface area contributed by atoms with Gasteiger partial charge in [-0.3, -0.25) is 14.5 Å². The average Bonchev–Trinajstić information content (AvgIpc) is 3.22. The fraction of sp³-hybridized carbons (Fsp3) is 0.609. The number of carbonyl (C=O) groups is 3. The lowest BCUT2D eigenvalue weighted by Crippen LogP contribution is -2.49. The fourth-order valence-corrected chi connectivity index (χ4v) is 4.23. The van der Waals surface area contributed by atoms with E-state index in [9.17, 15) is 14.4 Å². The highest BCUT2D eigenvalue weighted by Gasteiger charge is 2.34. The summed E-state index contributed by atoms with van der Waals surface area (Å²) in [5, 5.41) is 9.82. The van der Waals surface area contributed by atoms with Crippen LogP contribution in [0.5, 0.6) is 0 Å². The van der Waals surface area contributed by atoms with E-state index in [-0.39, 0.29) is 56.0 Å². The summed E-state index contributed by atoms with van der Waals surface area (Å²) in [6.07, 6.45) is 0.243. The number of nitrogens with zero attached hydrogens (tertiary/aromatic N) is 3. The largest absolute Gasteiger partial charge is 0.442 e. The van der Waals surface area contributed by atoms with Crippen molar-refractivity contribution in [1.29, 1.82) is 0 Å². The highest BCUT2D eigenvalue weighted by Crippen LogP contribution is 2.31. The molecule has 2 heterocycles. The molecule has 1 aromatic rings. The summed E-state index contributed by atoms with van der Waals surface area (Å²) in [7, 11) is 1.36. The number of cyclic esters (lactones) is 1. The van der Waals surface area contributed by atoms with Crippen LogP contribution < -0.4 is 25.8 Å². The molecule has 4 amide bonds. The molecule has 13 heteroatoms. The first kappa shape index (κ1) is 27.4. The molecule has 0 radical (unpaired) electrons. The van der Waals surface area contributed by atoms with Crippen molar-refractivity contribution in [2.45, 2.75) is 38.8 Å². The van der Waals surface area contributed by atoms with E-state index >= 15 is 8.78 Å². The van der Waals surface area contributed by atoms with Crippen LogP contribution in [0.1, 0.15) is 26.7 Å². The van der Waals surface area contributed by atoms with Crippen molar-refractivity contribution in [1.82, 2.24) is 21.0 Å². The summed E-state index contributed by atoms with van der Waals surface area (Å²) in [6.45, 7) is 5.32. The molecule has 2 aliphatic heterocycles. The van der Waals surface area contributed by atoms with E-state index in [1.165, 1.54) is 18.9 Å². The maximum absolute atomic E-state index is 15.1. The molecule has 0 aliphatic carbocycles. The summed E-state index contributed by atoms with van der Waals surface area (Å²) in [5.74, 6) is -1.98. The van der Waals surface area contributed by atoms with Gasteiger partial charge in [0, 0.05) is 38.2 Å². The first-order valence-electron chi connectivity index (χ1n) is 12.0. The number of ether oxygens (including phenoxy) is 1. The number of amides is 4. The summed E-state index contributed by atoms with van der Waals surface area (Å²) in [4.78, 5) is 43.7. The van der Waals surface area contributed by atoms with Crippen LogP contribution >= 0.6 is 0 Å². The molecular formula is C23H34F2N6O5. The highest BCUT2D eigenvalue weighted by molar-refractivity contribution is 5.90. The number of benzene rings is 1. The third kappa shape index (κ3) is 6.94. The molecule has 3 N–H and O–H groups in total. The van der Waals surface area contributed by atoms with Gasteiger partial charge < -0.3 is 25.6 Å². The molecule has 0 unspecified atom stereocenters. The Morgan fingerprint density at radius 3 is 2.47 bits per heavy atom. The molecule has 200 valence electrons. The topological polar surface area (TPSA) is 115 Å². The second-order valence-electron chi connectivity index (χ2n) is 8.65. The Bertz CT molecular complexity index is 923. The van der Waals surface area contributed by atoms with Crippen molar-refractivity contribution in [3.63, 3.8) is 0 Å². The number of rotatable bonds is 10. The van der Waals surface area contributed by atoms with Crippen LogP contribution in [-0.2, 0) is 14.4 Å². The molecule has 2 saturated heterocycles. The minimum Gasteiger partial charge on any atom is -0.442 e. The van der Waals surface area contributed by atoms with Gasteiger partial charge >= 0.3 is 12.1 Å². The summed E-state index contributed by atoms with van der Waals surface area (Å²) < 4.78 is 35.4. The Balaban J connectivity index is 1.65. The van der Waals surface area contributed by atoms with Gasteiger partial charge in [-0.25, -0.2) is 23.4 Å². The van der Waals surface area contributed by atoms with Crippen LogP contribution in [0.25, 0.3) is 0 Å². The molecular weight excluding hydrogens is 478 g/mol. The van der Waals surface area contributed by atoms with Crippen LogP contribution in [0.15, 0.2) is 12.1 Å². The quantitative estimate of drug-likeness (QED) is 0.408. The van der Waals surface area contributed by atoms with Crippen LogP contribution in [0.2, 0.25) is 0 Å². The maximum atomic E-state index is 15.1.